The number of anilines is 2. The zero-order valence-corrected chi connectivity index (χ0v) is 36.1. The van der Waals surface area contributed by atoms with Gasteiger partial charge in [-0.05, 0) is 131 Å². The van der Waals surface area contributed by atoms with Crippen molar-refractivity contribution in [2.24, 2.45) is 24.8 Å². The smallest absolute Gasteiger partial charge is 0.329 e. The van der Waals surface area contributed by atoms with E-state index in [1.165, 1.54) is 29.9 Å². The average Bonchev–Trinajstić information content (AvgIpc) is 3.71. The summed E-state index contributed by atoms with van der Waals surface area (Å²) in [5, 5.41) is 12.5. The molecule has 1 unspecified atom stereocenters. The summed E-state index contributed by atoms with van der Waals surface area (Å²) < 4.78 is 44.7. The van der Waals surface area contributed by atoms with Gasteiger partial charge in [-0.25, -0.2) is 23.5 Å². The number of aromatic nitrogens is 6. The van der Waals surface area contributed by atoms with Crippen LogP contribution in [0.1, 0.15) is 111 Å². The van der Waals surface area contributed by atoms with Gasteiger partial charge in [-0.1, -0.05) is 6.07 Å². The van der Waals surface area contributed by atoms with Crippen molar-refractivity contribution in [1.82, 2.24) is 39.1 Å². The number of benzene rings is 1. The number of hydrogen-bond acceptors (Lipinski definition) is 11. The van der Waals surface area contributed by atoms with Gasteiger partial charge in [-0.2, -0.15) is 5.10 Å². The van der Waals surface area contributed by atoms with Gasteiger partial charge in [0.05, 0.1) is 22.8 Å². The van der Waals surface area contributed by atoms with E-state index in [1.807, 2.05) is 18.2 Å². The van der Waals surface area contributed by atoms with Crippen molar-refractivity contribution < 1.29 is 32.3 Å². The first-order valence-corrected chi connectivity index (χ1v) is 22.7. The Morgan fingerprint density at radius 2 is 1.77 bits per heavy atom. The van der Waals surface area contributed by atoms with Gasteiger partial charge in [0.15, 0.2) is 11.4 Å². The quantitative estimate of drug-likeness (QED) is 0.0670. The Labute approximate surface area is 369 Å². The van der Waals surface area contributed by atoms with E-state index in [4.69, 9.17) is 9.15 Å². The molecule has 9 rings (SSSR count). The maximum absolute atomic E-state index is 14.2. The van der Waals surface area contributed by atoms with Crippen LogP contribution in [0.5, 0.6) is 0 Å². The molecular weight excluding hydrogens is 827 g/mol. The van der Waals surface area contributed by atoms with Crippen LogP contribution in [0.4, 0.5) is 20.3 Å². The number of pyridine rings is 1. The van der Waals surface area contributed by atoms with Crippen LogP contribution in [0, 0.1) is 17.8 Å². The SMILES string of the molecule is Cn1c(=O)n(C2CCC(=O)NC2=O)c2ccc(CCCOCC3CCN(C[C@H]4CC[C@H](n5cc(NC(=O)c6coc(-c7ccnc(NCC8CC8)c7)n6)c(C(F)F)n5)CC4)CC3)cc21. The van der Waals surface area contributed by atoms with Gasteiger partial charge in [0.1, 0.15) is 18.1 Å². The molecule has 340 valence electrons. The van der Waals surface area contributed by atoms with E-state index in [1.54, 1.807) is 34.6 Å². The number of likely N-dealkylation sites (tertiary alicyclic amines) is 1. The minimum Gasteiger partial charge on any atom is -0.444 e. The average molecular weight is 883 g/mol. The largest absolute Gasteiger partial charge is 0.444 e. The molecular formula is C46H56F2N10O6. The van der Waals surface area contributed by atoms with Crippen LogP contribution >= 0.6 is 0 Å². The summed E-state index contributed by atoms with van der Waals surface area (Å²) in [4.78, 5) is 61.6. The van der Waals surface area contributed by atoms with E-state index in [9.17, 15) is 28.0 Å². The third-order valence-corrected chi connectivity index (χ3v) is 13.4. The second-order valence-electron chi connectivity index (χ2n) is 18.1. The first kappa shape index (κ1) is 43.5. The lowest BCUT2D eigenvalue weighted by atomic mass is 9.85. The van der Waals surface area contributed by atoms with Gasteiger partial charge in [-0.15, -0.1) is 0 Å². The van der Waals surface area contributed by atoms with E-state index < -0.39 is 30.0 Å². The number of alkyl halides is 2. The number of nitrogens with zero attached hydrogens (tertiary/aromatic N) is 7. The van der Waals surface area contributed by atoms with Crippen molar-refractivity contribution in [1.29, 1.82) is 0 Å². The van der Waals surface area contributed by atoms with Crippen molar-refractivity contribution >= 4 is 40.3 Å². The third kappa shape index (κ3) is 9.97. The number of halogens is 2. The number of hydrogen-bond donors (Lipinski definition) is 3. The molecule has 4 fully saturated rings. The highest BCUT2D eigenvalue weighted by molar-refractivity contribution is 6.03. The lowest BCUT2D eigenvalue weighted by Crippen LogP contribution is -2.44. The van der Waals surface area contributed by atoms with Crippen molar-refractivity contribution in [2.45, 2.75) is 95.6 Å². The number of ether oxygens (including phenoxy) is 1. The number of fused-ring (bicyclic) bond motifs is 1. The Bertz CT molecular complexity index is 2530. The summed E-state index contributed by atoms with van der Waals surface area (Å²) in [5.41, 5.74) is 2.41. The zero-order valence-electron chi connectivity index (χ0n) is 36.1. The molecule has 1 aromatic carbocycles. The summed E-state index contributed by atoms with van der Waals surface area (Å²) in [6, 6.07) is 8.71. The number of oxazole rings is 1. The number of carbonyl (C=O) groups is 3. The molecule has 0 bridgehead atoms. The molecule has 18 heteroatoms. The Hall–Kier alpha value is -5.75. The molecule has 2 aliphatic heterocycles. The van der Waals surface area contributed by atoms with Gasteiger partial charge < -0.3 is 24.7 Å². The lowest BCUT2D eigenvalue weighted by molar-refractivity contribution is -0.135. The Kier molecular flexibility index (Phi) is 13.0. The Balaban J connectivity index is 0.687. The topological polar surface area (TPSA) is 183 Å². The van der Waals surface area contributed by atoms with E-state index in [2.05, 4.69) is 35.9 Å². The molecule has 3 N–H and O–H groups in total. The fourth-order valence-corrected chi connectivity index (χ4v) is 9.49. The van der Waals surface area contributed by atoms with E-state index >= 15 is 0 Å². The minimum absolute atomic E-state index is 0.0229. The molecule has 1 atom stereocenters. The van der Waals surface area contributed by atoms with Crippen molar-refractivity contribution in [2.75, 3.05) is 50.0 Å². The highest BCUT2D eigenvalue weighted by Crippen LogP contribution is 2.36. The van der Waals surface area contributed by atoms with Crippen LogP contribution in [-0.2, 0) is 27.8 Å². The number of piperidine rings is 2. The normalized spacial score (nSPS) is 21.2. The summed E-state index contributed by atoms with van der Waals surface area (Å²) in [6.45, 7) is 5.31. The fourth-order valence-electron chi connectivity index (χ4n) is 9.49. The zero-order chi connectivity index (χ0) is 44.3. The minimum atomic E-state index is -2.86. The van der Waals surface area contributed by atoms with Crippen LogP contribution < -0.4 is 21.6 Å². The lowest BCUT2D eigenvalue weighted by Gasteiger charge is -2.36. The molecule has 2 saturated heterocycles. The van der Waals surface area contributed by atoms with Crippen LogP contribution in [0.25, 0.3) is 22.5 Å². The van der Waals surface area contributed by atoms with Crippen molar-refractivity contribution in [3.8, 4) is 11.5 Å². The molecule has 5 aromatic rings. The number of amides is 3. The molecule has 2 aliphatic carbocycles. The number of nitrogens with one attached hydrogen (secondary N) is 3. The van der Waals surface area contributed by atoms with Crippen molar-refractivity contribution in [3.63, 3.8) is 0 Å². The molecule has 0 radical (unpaired) electrons. The number of imidazole rings is 1. The summed E-state index contributed by atoms with van der Waals surface area (Å²) in [5.74, 6) is 1.24. The number of rotatable bonds is 17. The molecule has 4 aromatic heterocycles. The monoisotopic (exact) mass is 882 g/mol. The van der Waals surface area contributed by atoms with Crippen molar-refractivity contribution in [3.05, 3.63) is 76.4 Å². The molecule has 64 heavy (non-hydrogen) atoms. The Morgan fingerprint density at radius 1 is 0.969 bits per heavy atom. The van der Waals surface area contributed by atoms with Gasteiger partial charge in [-0.3, -0.25) is 33.5 Å². The second-order valence-corrected chi connectivity index (χ2v) is 18.1. The van der Waals surface area contributed by atoms with Gasteiger partial charge in [0, 0.05) is 57.7 Å². The number of aryl methyl sites for hydroxylation is 2. The molecule has 0 spiro atoms. The van der Waals surface area contributed by atoms with E-state index in [0.29, 0.717) is 47.7 Å². The highest BCUT2D eigenvalue weighted by Gasteiger charge is 2.32. The van der Waals surface area contributed by atoms with E-state index in [0.717, 1.165) is 95.2 Å². The molecule has 16 nitrogen and oxygen atoms in total. The maximum atomic E-state index is 14.2. The van der Waals surface area contributed by atoms with Crippen LogP contribution in [0.2, 0.25) is 0 Å². The third-order valence-electron chi connectivity index (χ3n) is 13.4. The van der Waals surface area contributed by atoms with E-state index in [-0.39, 0.29) is 41.3 Å². The second kappa shape index (κ2) is 19.2. The van der Waals surface area contributed by atoms with Gasteiger partial charge in [0.25, 0.3) is 12.3 Å². The highest BCUT2D eigenvalue weighted by atomic mass is 19.3. The maximum Gasteiger partial charge on any atom is 0.329 e. The predicted octanol–water partition coefficient (Wildman–Crippen LogP) is 6.67. The summed E-state index contributed by atoms with van der Waals surface area (Å²) >= 11 is 0. The number of carbonyl (C=O) groups excluding carboxylic acids is 3. The number of imide groups is 1. The van der Waals surface area contributed by atoms with Gasteiger partial charge in [0.2, 0.25) is 17.7 Å². The van der Waals surface area contributed by atoms with Crippen LogP contribution in [-0.4, -0.2) is 90.9 Å². The standard InChI is InChI=1S/C46H56F2N10O6/c1-55-38-21-28(8-11-36(38)58(46(55)62)37-12-13-40(59)53-44(37)61)3-2-20-63-26-31-15-18-56(19-16-31)24-30-6-9-33(10-7-30)57-25-34(41(54-57)42(47)48)51-43(60)35-27-64-45(52-35)32-14-17-49-39(22-32)50-23-29-4-5-29/h8,11,14,17,21-22,25,27,29-31,33,37,42H,2-7,9-10,12-13,15-16,18-20,23-24,26H2,1H3,(H,49,50)(H,51,60)(H,53,59,61)/t30-,33-,37?. The molecule has 6 heterocycles. The summed E-state index contributed by atoms with van der Waals surface area (Å²) in [7, 11) is 1.71. The van der Waals surface area contributed by atoms with Crippen LogP contribution in [0.3, 0.4) is 0 Å². The first-order chi connectivity index (χ1) is 31.1. The molecule has 4 aliphatic rings. The van der Waals surface area contributed by atoms with Gasteiger partial charge >= 0.3 is 5.69 Å². The summed E-state index contributed by atoms with van der Waals surface area (Å²) in [6.07, 6.45) is 11.9. The molecule has 2 saturated carbocycles. The van der Waals surface area contributed by atoms with Crippen LogP contribution in [0.15, 0.2) is 58.2 Å². The first-order valence-electron chi connectivity index (χ1n) is 22.7. The fraction of sp³-hybridized carbons (Fsp3) is 0.543. The predicted molar refractivity (Wildman–Crippen MR) is 234 cm³/mol. The molecule has 3 amide bonds. The Morgan fingerprint density at radius 3 is 2.53 bits per heavy atom.